The molecule has 136 valence electrons. The molecule has 1 aliphatic carbocycles. The summed E-state index contributed by atoms with van der Waals surface area (Å²) < 4.78 is 0. The highest BCUT2D eigenvalue weighted by molar-refractivity contribution is 7.13. The van der Waals surface area contributed by atoms with E-state index in [4.69, 9.17) is 0 Å². The molecule has 1 saturated heterocycles. The number of urea groups is 1. The fraction of sp³-hybridized carbons (Fsp3) is 0.400. The summed E-state index contributed by atoms with van der Waals surface area (Å²) in [5, 5.41) is 3.16. The fourth-order valence-corrected chi connectivity index (χ4v) is 4.58. The van der Waals surface area contributed by atoms with E-state index in [-0.39, 0.29) is 18.0 Å². The summed E-state index contributed by atoms with van der Waals surface area (Å²) >= 11 is 1.53. The van der Waals surface area contributed by atoms with Gasteiger partial charge in [0.25, 0.3) is 5.91 Å². The topological polar surface area (TPSA) is 52.7 Å². The molecule has 1 aliphatic heterocycles. The van der Waals surface area contributed by atoms with Crippen LogP contribution in [-0.2, 0) is 12.8 Å². The van der Waals surface area contributed by atoms with Crippen LogP contribution in [0.1, 0.15) is 25.7 Å². The molecule has 0 spiro atoms. The van der Waals surface area contributed by atoms with Gasteiger partial charge in [0.1, 0.15) is 0 Å². The number of carbonyl (C=O) groups is 2. The van der Waals surface area contributed by atoms with Crippen LogP contribution in [0.2, 0.25) is 0 Å². The molecule has 1 N–H and O–H groups in total. The molecule has 4 rings (SSSR count). The monoisotopic (exact) mass is 369 g/mol. The Bertz CT molecular complexity index is 799. The van der Waals surface area contributed by atoms with Gasteiger partial charge in [-0.25, -0.2) is 4.79 Å². The van der Waals surface area contributed by atoms with Crippen LogP contribution in [0.25, 0.3) is 0 Å². The van der Waals surface area contributed by atoms with Crippen molar-refractivity contribution in [2.45, 2.75) is 25.8 Å². The second-order valence-corrected chi connectivity index (χ2v) is 8.30. The zero-order chi connectivity index (χ0) is 18.1. The van der Waals surface area contributed by atoms with Gasteiger partial charge in [0.05, 0.1) is 4.88 Å². The number of thiophene rings is 1. The molecule has 1 aromatic heterocycles. The first-order chi connectivity index (χ1) is 12.6. The summed E-state index contributed by atoms with van der Waals surface area (Å²) in [5.41, 5.74) is 2.67. The third-order valence-electron chi connectivity index (χ3n) is 5.18. The molecule has 0 saturated carbocycles. The molecule has 2 aromatic rings. The molecule has 0 bridgehead atoms. The molecular weight excluding hydrogens is 346 g/mol. The Morgan fingerprint density at radius 1 is 0.962 bits per heavy atom. The highest BCUT2D eigenvalue weighted by Gasteiger charge is 2.28. The molecule has 6 heteroatoms. The van der Waals surface area contributed by atoms with E-state index in [0.717, 1.165) is 22.6 Å². The zero-order valence-electron chi connectivity index (χ0n) is 14.9. The van der Waals surface area contributed by atoms with E-state index >= 15 is 0 Å². The Hall–Kier alpha value is -2.34. The van der Waals surface area contributed by atoms with Crippen LogP contribution >= 0.6 is 11.3 Å². The number of hydrogen-bond donors (Lipinski definition) is 1. The van der Waals surface area contributed by atoms with Crippen molar-refractivity contribution in [1.29, 1.82) is 0 Å². The largest absolute Gasteiger partial charge is 0.335 e. The van der Waals surface area contributed by atoms with Crippen molar-refractivity contribution in [3.05, 3.63) is 57.3 Å². The van der Waals surface area contributed by atoms with Gasteiger partial charge in [0.15, 0.2) is 0 Å². The first-order valence-electron chi connectivity index (χ1n) is 9.08. The minimum Gasteiger partial charge on any atom is -0.335 e. The lowest BCUT2D eigenvalue weighted by atomic mass is 10.1. The summed E-state index contributed by atoms with van der Waals surface area (Å²) in [5.74, 6) is 0.0781. The Labute approximate surface area is 157 Å². The highest BCUT2D eigenvalue weighted by Crippen LogP contribution is 2.22. The van der Waals surface area contributed by atoms with Crippen molar-refractivity contribution < 1.29 is 9.59 Å². The van der Waals surface area contributed by atoms with Crippen LogP contribution in [0.15, 0.2) is 36.4 Å². The predicted molar refractivity (Wildman–Crippen MR) is 103 cm³/mol. The predicted octanol–water partition coefficient (Wildman–Crippen LogP) is 2.69. The Morgan fingerprint density at radius 2 is 1.58 bits per heavy atom. The Balaban J connectivity index is 1.28. The maximum Gasteiger partial charge on any atom is 0.317 e. The molecule has 2 aliphatic rings. The minimum absolute atomic E-state index is 0.0122. The molecule has 5 nitrogen and oxygen atoms in total. The van der Waals surface area contributed by atoms with Crippen LogP contribution in [-0.4, -0.2) is 54.0 Å². The number of amides is 3. The van der Waals surface area contributed by atoms with Gasteiger partial charge in [-0.15, -0.1) is 11.3 Å². The van der Waals surface area contributed by atoms with Gasteiger partial charge >= 0.3 is 6.03 Å². The summed E-state index contributed by atoms with van der Waals surface area (Å²) in [6, 6.07) is 12.4. The number of nitrogens with one attached hydrogen (secondary N) is 1. The standard InChI is InChI=1S/C20H23N3O2S/c1-14-6-7-18(26-14)19(24)22-8-10-23(11-9-22)20(25)21-17-12-15-4-2-3-5-16(15)13-17/h2-7,17H,8-13H2,1H3,(H,21,25). The van der Waals surface area contributed by atoms with Crippen molar-refractivity contribution >= 4 is 23.3 Å². The van der Waals surface area contributed by atoms with E-state index in [2.05, 4.69) is 17.4 Å². The van der Waals surface area contributed by atoms with E-state index in [1.54, 1.807) is 0 Å². The number of benzene rings is 1. The molecule has 2 heterocycles. The third-order valence-corrected chi connectivity index (χ3v) is 6.17. The van der Waals surface area contributed by atoms with Crippen molar-refractivity contribution in [1.82, 2.24) is 15.1 Å². The first kappa shape index (κ1) is 17.1. The molecule has 0 atom stereocenters. The van der Waals surface area contributed by atoms with Crippen LogP contribution in [0.3, 0.4) is 0 Å². The quantitative estimate of drug-likeness (QED) is 0.885. The van der Waals surface area contributed by atoms with E-state index in [0.29, 0.717) is 26.2 Å². The first-order valence-corrected chi connectivity index (χ1v) is 9.90. The van der Waals surface area contributed by atoms with Gasteiger partial charge in [0.2, 0.25) is 0 Å². The normalized spacial score (nSPS) is 17.3. The highest BCUT2D eigenvalue weighted by atomic mass is 32.1. The smallest absolute Gasteiger partial charge is 0.317 e. The summed E-state index contributed by atoms with van der Waals surface area (Å²) in [7, 11) is 0. The summed E-state index contributed by atoms with van der Waals surface area (Å²) in [4.78, 5) is 30.7. The lowest BCUT2D eigenvalue weighted by Gasteiger charge is -2.35. The van der Waals surface area contributed by atoms with Crippen molar-refractivity contribution in [3.8, 4) is 0 Å². The van der Waals surface area contributed by atoms with Gasteiger partial charge < -0.3 is 15.1 Å². The number of fused-ring (bicyclic) bond motifs is 1. The van der Waals surface area contributed by atoms with Crippen LogP contribution in [0.4, 0.5) is 4.79 Å². The SMILES string of the molecule is Cc1ccc(C(=O)N2CCN(C(=O)NC3Cc4ccccc4C3)CC2)s1. The van der Waals surface area contributed by atoms with E-state index < -0.39 is 0 Å². The Morgan fingerprint density at radius 3 is 2.15 bits per heavy atom. The summed E-state index contributed by atoms with van der Waals surface area (Å²) in [6.07, 6.45) is 1.80. The molecule has 3 amide bonds. The van der Waals surface area contributed by atoms with E-state index in [9.17, 15) is 9.59 Å². The zero-order valence-corrected chi connectivity index (χ0v) is 15.7. The van der Waals surface area contributed by atoms with Crippen molar-refractivity contribution in [2.75, 3.05) is 26.2 Å². The van der Waals surface area contributed by atoms with Crippen LogP contribution in [0, 0.1) is 6.92 Å². The maximum atomic E-state index is 12.6. The number of piperazine rings is 1. The summed E-state index contributed by atoms with van der Waals surface area (Å²) in [6.45, 7) is 4.36. The van der Waals surface area contributed by atoms with Gasteiger partial charge in [-0.05, 0) is 43.0 Å². The lowest BCUT2D eigenvalue weighted by Crippen LogP contribution is -2.54. The third kappa shape index (κ3) is 3.46. The van der Waals surface area contributed by atoms with Crippen LogP contribution < -0.4 is 5.32 Å². The van der Waals surface area contributed by atoms with E-state index in [1.165, 1.54) is 22.5 Å². The second-order valence-electron chi connectivity index (χ2n) is 7.01. The molecular formula is C20H23N3O2S. The van der Waals surface area contributed by atoms with E-state index in [1.807, 2.05) is 41.0 Å². The molecule has 1 aromatic carbocycles. The number of nitrogens with zero attached hydrogens (tertiary/aromatic N) is 2. The molecule has 0 radical (unpaired) electrons. The number of carbonyl (C=O) groups excluding carboxylic acids is 2. The molecule has 1 fully saturated rings. The van der Waals surface area contributed by atoms with Gasteiger partial charge in [-0.2, -0.15) is 0 Å². The number of rotatable bonds is 2. The van der Waals surface area contributed by atoms with Crippen LogP contribution in [0.5, 0.6) is 0 Å². The minimum atomic E-state index is -0.0122. The molecule has 26 heavy (non-hydrogen) atoms. The average molecular weight is 369 g/mol. The second kappa shape index (κ2) is 7.11. The maximum absolute atomic E-state index is 12.6. The number of hydrogen-bond acceptors (Lipinski definition) is 3. The lowest BCUT2D eigenvalue weighted by molar-refractivity contribution is 0.0668. The average Bonchev–Trinajstić information content (AvgIpc) is 3.26. The van der Waals surface area contributed by atoms with Gasteiger partial charge in [0, 0.05) is 37.1 Å². The van der Waals surface area contributed by atoms with Crippen molar-refractivity contribution in [2.24, 2.45) is 0 Å². The molecule has 0 unspecified atom stereocenters. The van der Waals surface area contributed by atoms with Gasteiger partial charge in [-0.1, -0.05) is 24.3 Å². The Kier molecular flexibility index (Phi) is 4.68. The van der Waals surface area contributed by atoms with Crippen molar-refractivity contribution in [3.63, 3.8) is 0 Å². The van der Waals surface area contributed by atoms with Gasteiger partial charge in [-0.3, -0.25) is 4.79 Å². The number of aryl methyl sites for hydroxylation is 1. The fourth-order valence-electron chi connectivity index (χ4n) is 3.74.